The molecule has 1 fully saturated rings. The van der Waals surface area contributed by atoms with Crippen LogP contribution in [0, 0.1) is 0 Å². The predicted molar refractivity (Wildman–Crippen MR) is 66.1 cm³/mol. The lowest BCUT2D eigenvalue weighted by Gasteiger charge is -2.38. The van der Waals surface area contributed by atoms with E-state index < -0.39 is 0 Å². The Bertz CT molecular complexity index is 402. The van der Waals surface area contributed by atoms with E-state index in [9.17, 15) is 9.90 Å². The van der Waals surface area contributed by atoms with Gasteiger partial charge < -0.3 is 14.9 Å². The highest BCUT2D eigenvalue weighted by Crippen LogP contribution is 2.15. The summed E-state index contributed by atoms with van der Waals surface area (Å²) in [4.78, 5) is 16.4. The monoisotopic (exact) mass is 234 g/mol. The van der Waals surface area contributed by atoms with Crippen LogP contribution in [0.3, 0.4) is 0 Å². The van der Waals surface area contributed by atoms with E-state index in [2.05, 4.69) is 18.9 Å². The largest absolute Gasteiger partial charge is 0.508 e. The van der Waals surface area contributed by atoms with Gasteiger partial charge in [-0.05, 0) is 38.2 Å². The van der Waals surface area contributed by atoms with Crippen LogP contribution in [0.5, 0.6) is 5.75 Å². The van der Waals surface area contributed by atoms with E-state index in [1.54, 1.807) is 24.3 Å². The van der Waals surface area contributed by atoms with Crippen molar-refractivity contribution in [3.05, 3.63) is 29.8 Å². The maximum Gasteiger partial charge on any atom is 0.254 e. The third kappa shape index (κ3) is 2.58. The number of carbonyl (C=O) groups is 1. The van der Waals surface area contributed by atoms with Crippen molar-refractivity contribution in [3.8, 4) is 5.75 Å². The lowest BCUT2D eigenvalue weighted by molar-refractivity contribution is 0.0533. The Morgan fingerprint density at radius 1 is 1.29 bits per heavy atom. The van der Waals surface area contributed by atoms with Crippen LogP contribution >= 0.6 is 0 Å². The Morgan fingerprint density at radius 3 is 2.53 bits per heavy atom. The van der Waals surface area contributed by atoms with Crippen LogP contribution < -0.4 is 0 Å². The average molecular weight is 234 g/mol. The zero-order valence-electron chi connectivity index (χ0n) is 10.3. The normalized spacial score (nSPS) is 21.5. The van der Waals surface area contributed by atoms with Gasteiger partial charge in [0.2, 0.25) is 0 Å². The number of likely N-dealkylation sites (N-methyl/N-ethyl adjacent to an activating group) is 1. The van der Waals surface area contributed by atoms with Crippen LogP contribution in [-0.2, 0) is 0 Å². The lowest BCUT2D eigenvalue weighted by atomic mass is 10.1. The molecule has 0 saturated carbocycles. The molecule has 1 heterocycles. The van der Waals surface area contributed by atoms with Gasteiger partial charge in [-0.3, -0.25) is 4.79 Å². The van der Waals surface area contributed by atoms with Crippen molar-refractivity contribution in [2.75, 3.05) is 26.7 Å². The molecule has 1 aromatic carbocycles. The van der Waals surface area contributed by atoms with Crippen molar-refractivity contribution in [1.29, 1.82) is 0 Å². The molecule has 1 saturated heterocycles. The topological polar surface area (TPSA) is 43.8 Å². The van der Waals surface area contributed by atoms with Gasteiger partial charge >= 0.3 is 0 Å². The van der Waals surface area contributed by atoms with Gasteiger partial charge in [0.25, 0.3) is 5.91 Å². The predicted octanol–water partition coefficient (Wildman–Crippen LogP) is 1.17. The SMILES string of the molecule is CC1CN(C)CCN1C(=O)c1ccc(O)cc1. The summed E-state index contributed by atoms with van der Waals surface area (Å²) >= 11 is 0. The standard InChI is InChI=1S/C13H18N2O2/c1-10-9-14(2)7-8-15(10)13(17)11-3-5-12(16)6-4-11/h3-6,10,16H,7-9H2,1-2H3. The molecule has 1 N–H and O–H groups in total. The highest BCUT2D eigenvalue weighted by Gasteiger charge is 2.26. The first kappa shape index (κ1) is 11.9. The fourth-order valence-electron chi connectivity index (χ4n) is 2.21. The quantitative estimate of drug-likeness (QED) is 0.793. The molecular formula is C13H18N2O2. The summed E-state index contributed by atoms with van der Waals surface area (Å²) in [7, 11) is 2.07. The average Bonchev–Trinajstić information content (AvgIpc) is 2.29. The Balaban J connectivity index is 2.12. The van der Waals surface area contributed by atoms with E-state index in [0.717, 1.165) is 19.6 Å². The van der Waals surface area contributed by atoms with Crippen LogP contribution in [0.4, 0.5) is 0 Å². The Kier molecular flexibility index (Phi) is 3.33. The summed E-state index contributed by atoms with van der Waals surface area (Å²) in [6.45, 7) is 4.64. The van der Waals surface area contributed by atoms with Gasteiger partial charge in [-0.15, -0.1) is 0 Å². The number of phenolic OH excluding ortho intramolecular Hbond substituents is 1. The number of aromatic hydroxyl groups is 1. The number of benzene rings is 1. The minimum atomic E-state index is 0.0469. The highest BCUT2D eigenvalue weighted by molar-refractivity contribution is 5.94. The van der Waals surface area contributed by atoms with Crippen LogP contribution in [0.15, 0.2) is 24.3 Å². The van der Waals surface area contributed by atoms with Crippen LogP contribution in [0.25, 0.3) is 0 Å². The zero-order chi connectivity index (χ0) is 12.4. The molecule has 1 unspecified atom stereocenters. The van der Waals surface area contributed by atoms with E-state index in [0.29, 0.717) is 5.56 Å². The van der Waals surface area contributed by atoms with E-state index in [-0.39, 0.29) is 17.7 Å². The fraction of sp³-hybridized carbons (Fsp3) is 0.462. The molecule has 4 heteroatoms. The van der Waals surface area contributed by atoms with Crippen LogP contribution in [-0.4, -0.2) is 53.5 Å². The molecule has 0 aromatic heterocycles. The highest BCUT2D eigenvalue weighted by atomic mass is 16.3. The molecule has 1 aliphatic rings. The molecule has 2 rings (SSSR count). The number of carbonyl (C=O) groups excluding carboxylic acids is 1. The summed E-state index contributed by atoms with van der Waals surface area (Å²) in [6, 6.07) is 6.67. The number of phenols is 1. The first-order valence-corrected chi connectivity index (χ1v) is 5.86. The molecule has 0 radical (unpaired) electrons. The van der Waals surface area contributed by atoms with Crippen molar-refractivity contribution in [1.82, 2.24) is 9.80 Å². The summed E-state index contributed by atoms with van der Waals surface area (Å²) in [5.41, 5.74) is 0.638. The lowest BCUT2D eigenvalue weighted by Crippen LogP contribution is -2.52. The van der Waals surface area contributed by atoms with Crippen molar-refractivity contribution in [2.24, 2.45) is 0 Å². The second kappa shape index (κ2) is 4.75. The van der Waals surface area contributed by atoms with Gasteiger partial charge in [0.05, 0.1) is 0 Å². The molecule has 1 amide bonds. The molecule has 1 atom stereocenters. The van der Waals surface area contributed by atoms with Gasteiger partial charge in [-0.25, -0.2) is 0 Å². The molecule has 92 valence electrons. The summed E-state index contributed by atoms with van der Waals surface area (Å²) in [5, 5.41) is 9.20. The number of hydrogen-bond acceptors (Lipinski definition) is 3. The molecule has 0 spiro atoms. The second-order valence-electron chi connectivity index (χ2n) is 4.66. The van der Waals surface area contributed by atoms with Crippen molar-refractivity contribution in [2.45, 2.75) is 13.0 Å². The maximum absolute atomic E-state index is 12.3. The Hall–Kier alpha value is -1.55. The van der Waals surface area contributed by atoms with Crippen molar-refractivity contribution >= 4 is 5.91 Å². The third-order valence-corrected chi connectivity index (χ3v) is 3.21. The number of amides is 1. The van der Waals surface area contributed by atoms with Gasteiger partial charge in [0.1, 0.15) is 5.75 Å². The number of nitrogens with zero attached hydrogens (tertiary/aromatic N) is 2. The van der Waals surface area contributed by atoms with Gasteiger partial charge in [0, 0.05) is 31.2 Å². The molecule has 1 aliphatic heterocycles. The maximum atomic E-state index is 12.3. The van der Waals surface area contributed by atoms with E-state index >= 15 is 0 Å². The van der Waals surface area contributed by atoms with E-state index in [1.807, 2.05) is 4.90 Å². The van der Waals surface area contributed by atoms with Crippen molar-refractivity contribution in [3.63, 3.8) is 0 Å². The van der Waals surface area contributed by atoms with E-state index in [4.69, 9.17) is 0 Å². The van der Waals surface area contributed by atoms with Gasteiger partial charge in [0.15, 0.2) is 0 Å². The van der Waals surface area contributed by atoms with Gasteiger partial charge in [-0.2, -0.15) is 0 Å². The van der Waals surface area contributed by atoms with Crippen molar-refractivity contribution < 1.29 is 9.90 Å². The van der Waals surface area contributed by atoms with Crippen LogP contribution in [0.1, 0.15) is 17.3 Å². The molecule has 0 bridgehead atoms. The molecule has 4 nitrogen and oxygen atoms in total. The third-order valence-electron chi connectivity index (χ3n) is 3.21. The molecule has 17 heavy (non-hydrogen) atoms. The zero-order valence-corrected chi connectivity index (χ0v) is 10.3. The summed E-state index contributed by atoms with van der Waals surface area (Å²) in [5.74, 6) is 0.235. The molecule has 1 aromatic rings. The van der Waals surface area contributed by atoms with Crippen LogP contribution in [0.2, 0.25) is 0 Å². The minimum Gasteiger partial charge on any atom is -0.508 e. The Morgan fingerprint density at radius 2 is 1.94 bits per heavy atom. The van der Waals surface area contributed by atoms with Gasteiger partial charge in [-0.1, -0.05) is 0 Å². The fourth-order valence-corrected chi connectivity index (χ4v) is 2.21. The second-order valence-corrected chi connectivity index (χ2v) is 4.66. The first-order chi connectivity index (χ1) is 8.08. The number of hydrogen-bond donors (Lipinski definition) is 1. The minimum absolute atomic E-state index is 0.0469. The first-order valence-electron chi connectivity index (χ1n) is 5.86. The molecular weight excluding hydrogens is 216 g/mol. The summed E-state index contributed by atoms with van der Waals surface area (Å²) < 4.78 is 0. The number of piperazine rings is 1. The van der Waals surface area contributed by atoms with E-state index in [1.165, 1.54) is 0 Å². The Labute approximate surface area is 101 Å². The number of rotatable bonds is 1. The smallest absolute Gasteiger partial charge is 0.254 e. The molecule has 0 aliphatic carbocycles. The summed E-state index contributed by atoms with van der Waals surface area (Å²) in [6.07, 6.45) is 0.